The van der Waals surface area contributed by atoms with E-state index in [-0.39, 0.29) is 5.78 Å². The molecule has 0 aliphatic carbocycles. The summed E-state index contributed by atoms with van der Waals surface area (Å²) in [6.45, 7) is 2.52. The smallest absolute Gasteiger partial charge is 0.167 e. The molecule has 1 N–H and O–H groups in total. The predicted octanol–water partition coefficient (Wildman–Crippen LogP) is 3.39. The summed E-state index contributed by atoms with van der Waals surface area (Å²) in [7, 11) is 0. The fourth-order valence-corrected chi connectivity index (χ4v) is 2.32. The number of ether oxygens (including phenoxy) is 1. The number of hydrogen-bond acceptors (Lipinski definition) is 3. The van der Waals surface area contributed by atoms with Crippen LogP contribution >= 0.6 is 0 Å². The second kappa shape index (κ2) is 5.79. The largest absolute Gasteiger partial charge is 0.494 e. The van der Waals surface area contributed by atoms with Gasteiger partial charge < -0.3 is 4.74 Å². The Morgan fingerprint density at radius 3 is 3.00 bits per heavy atom. The second-order valence-electron chi connectivity index (χ2n) is 4.85. The minimum Gasteiger partial charge on any atom is -0.494 e. The topological polar surface area (TPSA) is 55.0 Å². The first-order chi connectivity index (χ1) is 10.3. The van der Waals surface area contributed by atoms with Gasteiger partial charge in [0.25, 0.3) is 0 Å². The first-order valence-electron chi connectivity index (χ1n) is 6.94. The number of fused-ring (bicyclic) bond motifs is 1. The van der Waals surface area contributed by atoms with Gasteiger partial charge in [0, 0.05) is 17.4 Å². The molecule has 0 amide bonds. The van der Waals surface area contributed by atoms with Crippen molar-refractivity contribution in [3.05, 3.63) is 59.8 Å². The van der Waals surface area contributed by atoms with Crippen LogP contribution in [0.4, 0.5) is 0 Å². The molecule has 106 valence electrons. The summed E-state index contributed by atoms with van der Waals surface area (Å²) in [4.78, 5) is 12.4. The molecule has 1 heterocycles. The third kappa shape index (κ3) is 2.94. The van der Waals surface area contributed by atoms with Crippen LogP contribution in [0, 0.1) is 0 Å². The molecular formula is C17H16N2O2. The van der Waals surface area contributed by atoms with Gasteiger partial charge in [0.2, 0.25) is 0 Å². The molecule has 0 bridgehead atoms. The number of ketones is 1. The lowest BCUT2D eigenvalue weighted by Gasteiger charge is -2.06. The van der Waals surface area contributed by atoms with Crippen molar-refractivity contribution in [3.63, 3.8) is 0 Å². The molecule has 0 saturated carbocycles. The summed E-state index contributed by atoms with van der Waals surface area (Å²) < 4.78 is 5.43. The van der Waals surface area contributed by atoms with Crippen molar-refractivity contribution in [3.8, 4) is 5.75 Å². The number of nitrogens with one attached hydrogen (secondary N) is 1. The monoisotopic (exact) mass is 280 g/mol. The first-order valence-corrected chi connectivity index (χ1v) is 6.94. The van der Waals surface area contributed by atoms with Crippen LogP contribution in [0.15, 0.2) is 48.7 Å². The fourth-order valence-electron chi connectivity index (χ4n) is 2.32. The van der Waals surface area contributed by atoms with Gasteiger partial charge in [0.15, 0.2) is 5.78 Å². The van der Waals surface area contributed by atoms with Crippen LogP contribution in [-0.2, 0) is 6.42 Å². The Bertz CT molecular complexity index is 777. The van der Waals surface area contributed by atoms with Gasteiger partial charge in [-0.3, -0.25) is 9.89 Å². The van der Waals surface area contributed by atoms with Crippen LogP contribution in [0.3, 0.4) is 0 Å². The van der Waals surface area contributed by atoms with Crippen molar-refractivity contribution in [1.82, 2.24) is 10.2 Å². The van der Waals surface area contributed by atoms with E-state index >= 15 is 0 Å². The van der Waals surface area contributed by atoms with Crippen LogP contribution in [0.2, 0.25) is 0 Å². The van der Waals surface area contributed by atoms with Crippen LogP contribution in [-0.4, -0.2) is 22.6 Å². The van der Waals surface area contributed by atoms with E-state index in [1.54, 1.807) is 12.3 Å². The Labute approximate surface area is 122 Å². The quantitative estimate of drug-likeness (QED) is 0.729. The average Bonchev–Trinajstić information content (AvgIpc) is 2.95. The van der Waals surface area contributed by atoms with E-state index in [9.17, 15) is 4.79 Å². The van der Waals surface area contributed by atoms with Gasteiger partial charge >= 0.3 is 0 Å². The lowest BCUT2D eigenvalue weighted by molar-refractivity contribution is 0.0992. The molecule has 3 rings (SSSR count). The van der Waals surface area contributed by atoms with Gasteiger partial charge in [-0.05, 0) is 36.8 Å². The van der Waals surface area contributed by atoms with E-state index < -0.39 is 0 Å². The lowest BCUT2D eigenvalue weighted by atomic mass is 10.0. The van der Waals surface area contributed by atoms with E-state index in [2.05, 4.69) is 10.2 Å². The fraction of sp³-hybridized carbons (Fsp3) is 0.176. The van der Waals surface area contributed by atoms with Crippen molar-refractivity contribution in [1.29, 1.82) is 0 Å². The average molecular weight is 280 g/mol. The van der Waals surface area contributed by atoms with Crippen LogP contribution in [0.1, 0.15) is 22.8 Å². The molecule has 0 unspecified atom stereocenters. The molecule has 0 spiro atoms. The zero-order chi connectivity index (χ0) is 14.7. The number of hydrogen-bond donors (Lipinski definition) is 1. The van der Waals surface area contributed by atoms with E-state index in [1.165, 1.54) is 0 Å². The van der Waals surface area contributed by atoms with E-state index in [0.29, 0.717) is 18.6 Å². The number of benzene rings is 2. The molecule has 0 fully saturated rings. The Hall–Kier alpha value is -2.62. The normalized spacial score (nSPS) is 10.7. The van der Waals surface area contributed by atoms with Crippen molar-refractivity contribution < 1.29 is 9.53 Å². The van der Waals surface area contributed by atoms with E-state index in [4.69, 9.17) is 4.74 Å². The number of aromatic nitrogens is 2. The number of rotatable bonds is 5. The number of Topliss-reactive ketones (excluding diaryl/α,β-unsaturated/α-hetero) is 1. The summed E-state index contributed by atoms with van der Waals surface area (Å²) >= 11 is 0. The summed E-state index contributed by atoms with van der Waals surface area (Å²) in [5.74, 6) is 0.813. The lowest BCUT2D eigenvalue weighted by Crippen LogP contribution is -2.04. The summed E-state index contributed by atoms with van der Waals surface area (Å²) in [5, 5.41) is 7.90. The maximum absolute atomic E-state index is 12.4. The highest BCUT2D eigenvalue weighted by Crippen LogP contribution is 2.17. The standard InChI is InChI=1S/C17H16N2O2/c1-2-21-15-5-3-4-13(10-15)17(20)9-12-6-7-16-14(8-12)11-18-19-16/h3-8,10-11H,2,9H2,1H3,(H,18,19). The minimum atomic E-state index is 0.0828. The molecule has 0 saturated heterocycles. The van der Waals surface area contributed by atoms with Gasteiger partial charge in [-0.2, -0.15) is 5.10 Å². The van der Waals surface area contributed by atoms with Crippen LogP contribution in [0.25, 0.3) is 10.9 Å². The molecule has 4 nitrogen and oxygen atoms in total. The molecule has 0 radical (unpaired) electrons. The highest BCUT2D eigenvalue weighted by molar-refractivity contribution is 5.98. The minimum absolute atomic E-state index is 0.0828. The maximum atomic E-state index is 12.4. The van der Waals surface area contributed by atoms with Gasteiger partial charge in [0.05, 0.1) is 18.3 Å². The third-order valence-electron chi connectivity index (χ3n) is 3.34. The predicted molar refractivity (Wildman–Crippen MR) is 81.7 cm³/mol. The summed E-state index contributed by atoms with van der Waals surface area (Å²) in [6.07, 6.45) is 2.13. The molecule has 0 atom stereocenters. The number of H-pyrrole nitrogens is 1. The SMILES string of the molecule is CCOc1cccc(C(=O)Cc2ccc3[nH]ncc3c2)c1. The maximum Gasteiger partial charge on any atom is 0.167 e. The number of carbonyl (C=O) groups excluding carboxylic acids is 1. The Morgan fingerprint density at radius 1 is 1.24 bits per heavy atom. The van der Waals surface area contributed by atoms with Gasteiger partial charge in [-0.15, -0.1) is 0 Å². The number of aromatic amines is 1. The first kappa shape index (κ1) is 13.4. The Kier molecular flexibility index (Phi) is 3.69. The van der Waals surface area contributed by atoms with Crippen LogP contribution < -0.4 is 4.74 Å². The van der Waals surface area contributed by atoms with Crippen molar-refractivity contribution in [2.45, 2.75) is 13.3 Å². The molecule has 0 aliphatic heterocycles. The molecule has 0 aliphatic rings. The van der Waals surface area contributed by atoms with E-state index in [1.807, 2.05) is 43.3 Å². The van der Waals surface area contributed by atoms with Crippen molar-refractivity contribution in [2.24, 2.45) is 0 Å². The van der Waals surface area contributed by atoms with Crippen molar-refractivity contribution in [2.75, 3.05) is 6.61 Å². The zero-order valence-corrected chi connectivity index (χ0v) is 11.8. The highest BCUT2D eigenvalue weighted by atomic mass is 16.5. The Balaban J connectivity index is 1.80. The van der Waals surface area contributed by atoms with Gasteiger partial charge in [0.1, 0.15) is 5.75 Å². The number of nitrogens with zero attached hydrogens (tertiary/aromatic N) is 1. The number of carbonyl (C=O) groups is 1. The summed E-state index contributed by atoms with van der Waals surface area (Å²) in [6, 6.07) is 13.2. The molecule has 3 aromatic rings. The third-order valence-corrected chi connectivity index (χ3v) is 3.34. The molecule has 2 aromatic carbocycles. The highest BCUT2D eigenvalue weighted by Gasteiger charge is 2.09. The van der Waals surface area contributed by atoms with Crippen LogP contribution in [0.5, 0.6) is 5.75 Å². The molecule has 1 aromatic heterocycles. The van der Waals surface area contributed by atoms with Gasteiger partial charge in [-0.25, -0.2) is 0 Å². The second-order valence-corrected chi connectivity index (χ2v) is 4.85. The molecule has 21 heavy (non-hydrogen) atoms. The zero-order valence-electron chi connectivity index (χ0n) is 11.8. The van der Waals surface area contributed by atoms with Gasteiger partial charge in [-0.1, -0.05) is 18.2 Å². The summed E-state index contributed by atoms with van der Waals surface area (Å²) in [5.41, 5.74) is 2.63. The molecule has 4 heteroatoms. The van der Waals surface area contributed by atoms with E-state index in [0.717, 1.165) is 22.2 Å². The molecular weight excluding hydrogens is 264 g/mol. The van der Waals surface area contributed by atoms with Crippen molar-refractivity contribution >= 4 is 16.7 Å². The Morgan fingerprint density at radius 2 is 2.14 bits per heavy atom.